The molecule has 0 saturated carbocycles. The second-order valence-corrected chi connectivity index (χ2v) is 7.89. The summed E-state index contributed by atoms with van der Waals surface area (Å²) in [5.74, 6) is 3.84. The van der Waals surface area contributed by atoms with Gasteiger partial charge in [0.25, 0.3) is 0 Å². The fourth-order valence-electron chi connectivity index (χ4n) is 4.59. The normalized spacial score (nSPS) is 25.1. The maximum atomic E-state index is 5.56. The molecule has 2 saturated heterocycles. The number of likely N-dealkylation sites (tertiary alicyclic amines) is 1. The van der Waals surface area contributed by atoms with Crippen LogP contribution in [0.1, 0.15) is 37.3 Å². The Kier molecular flexibility index (Phi) is 6.42. The number of hydrogen-bond acceptors (Lipinski definition) is 4. The van der Waals surface area contributed by atoms with E-state index in [9.17, 15) is 0 Å². The van der Waals surface area contributed by atoms with Gasteiger partial charge in [-0.25, -0.2) is 0 Å². The van der Waals surface area contributed by atoms with Gasteiger partial charge in [0.1, 0.15) is 11.6 Å². The predicted molar refractivity (Wildman–Crippen MR) is 112 cm³/mol. The molecule has 1 spiro atoms. The molecule has 3 aliphatic heterocycles. The van der Waals surface area contributed by atoms with Crippen LogP contribution in [-0.4, -0.2) is 65.5 Å². The highest BCUT2D eigenvalue weighted by Crippen LogP contribution is 2.39. The third-order valence-corrected chi connectivity index (χ3v) is 6.28. The summed E-state index contributed by atoms with van der Waals surface area (Å²) in [5, 5.41) is 12.1. The van der Waals surface area contributed by atoms with Crippen LogP contribution in [0.4, 0.5) is 0 Å². The first kappa shape index (κ1) is 19.9. The van der Waals surface area contributed by atoms with Crippen LogP contribution < -0.4 is 5.32 Å². The maximum absolute atomic E-state index is 5.56. The summed E-state index contributed by atoms with van der Waals surface area (Å²) in [5.41, 5.74) is 0.454. The molecule has 1 atom stereocenters. The monoisotopic (exact) mass is 474 g/mol. The molecule has 4 heterocycles. The molecular weight excluding hydrogens is 443 g/mol. The molecule has 1 aromatic rings. The Balaban J connectivity index is 0.00000196. The van der Waals surface area contributed by atoms with Crippen LogP contribution in [0.2, 0.25) is 0 Å². The van der Waals surface area contributed by atoms with Crippen LogP contribution >= 0.6 is 24.0 Å². The highest BCUT2D eigenvalue weighted by molar-refractivity contribution is 14.0. The molecule has 8 heteroatoms. The number of guanidine groups is 1. The Morgan fingerprint density at radius 2 is 2.12 bits per heavy atom. The van der Waals surface area contributed by atoms with Gasteiger partial charge < -0.3 is 19.5 Å². The molecule has 1 N–H and O–H groups in total. The number of aromatic nitrogens is 3. The Morgan fingerprint density at radius 1 is 1.31 bits per heavy atom. The molecule has 1 aromatic heterocycles. The zero-order valence-electron chi connectivity index (χ0n) is 15.9. The van der Waals surface area contributed by atoms with Gasteiger partial charge in [-0.05, 0) is 43.9 Å². The lowest BCUT2D eigenvalue weighted by molar-refractivity contribution is 0.0217. The molecule has 1 unspecified atom stereocenters. The highest BCUT2D eigenvalue weighted by Gasteiger charge is 2.40. The van der Waals surface area contributed by atoms with Crippen molar-refractivity contribution in [3.8, 4) is 0 Å². The molecular formula is C18H31IN6O. The van der Waals surface area contributed by atoms with Gasteiger partial charge in [0.2, 0.25) is 0 Å². The van der Waals surface area contributed by atoms with Crippen molar-refractivity contribution in [1.82, 2.24) is 25.0 Å². The van der Waals surface area contributed by atoms with E-state index in [4.69, 9.17) is 4.74 Å². The van der Waals surface area contributed by atoms with E-state index in [0.29, 0.717) is 11.3 Å². The zero-order valence-corrected chi connectivity index (χ0v) is 18.2. The van der Waals surface area contributed by atoms with Gasteiger partial charge in [-0.1, -0.05) is 0 Å². The molecule has 146 valence electrons. The van der Waals surface area contributed by atoms with Gasteiger partial charge in [-0.3, -0.25) is 4.99 Å². The number of nitrogens with zero attached hydrogens (tertiary/aromatic N) is 5. The van der Waals surface area contributed by atoms with Crippen molar-refractivity contribution in [3.05, 3.63) is 11.6 Å². The largest absolute Gasteiger partial charge is 0.381 e. The molecule has 4 rings (SSSR count). The number of aliphatic imine (C=N–C) groups is 1. The fraction of sp³-hybridized carbons (Fsp3) is 0.833. The van der Waals surface area contributed by atoms with Crippen molar-refractivity contribution in [2.45, 2.75) is 45.6 Å². The van der Waals surface area contributed by atoms with E-state index in [2.05, 4.69) is 30.0 Å². The van der Waals surface area contributed by atoms with Crippen LogP contribution in [-0.2, 0) is 17.7 Å². The van der Waals surface area contributed by atoms with E-state index in [1.807, 2.05) is 14.0 Å². The van der Waals surface area contributed by atoms with Crippen molar-refractivity contribution in [2.75, 3.05) is 39.9 Å². The molecule has 26 heavy (non-hydrogen) atoms. The molecule has 3 aliphatic rings. The number of halogens is 1. The van der Waals surface area contributed by atoms with Crippen LogP contribution in [0, 0.1) is 18.3 Å². The second kappa shape index (κ2) is 8.41. The first-order valence-corrected chi connectivity index (χ1v) is 9.61. The van der Waals surface area contributed by atoms with Gasteiger partial charge in [0.05, 0.1) is 0 Å². The van der Waals surface area contributed by atoms with Crippen LogP contribution in [0.3, 0.4) is 0 Å². The van der Waals surface area contributed by atoms with E-state index in [1.54, 1.807) is 0 Å². The third-order valence-electron chi connectivity index (χ3n) is 6.28. The van der Waals surface area contributed by atoms with Crippen molar-refractivity contribution < 1.29 is 4.74 Å². The highest BCUT2D eigenvalue weighted by atomic mass is 127. The minimum absolute atomic E-state index is 0. The summed E-state index contributed by atoms with van der Waals surface area (Å²) < 4.78 is 7.83. The van der Waals surface area contributed by atoms with E-state index in [1.165, 1.54) is 25.7 Å². The second-order valence-electron chi connectivity index (χ2n) is 7.89. The lowest BCUT2D eigenvalue weighted by Gasteiger charge is -2.34. The lowest BCUT2D eigenvalue weighted by Crippen LogP contribution is -2.44. The van der Waals surface area contributed by atoms with Gasteiger partial charge in [0.15, 0.2) is 5.96 Å². The molecule has 0 aliphatic carbocycles. The molecule has 0 radical (unpaired) electrons. The molecule has 0 aromatic carbocycles. The Labute approximate surface area is 173 Å². The zero-order chi connectivity index (χ0) is 17.3. The van der Waals surface area contributed by atoms with Crippen LogP contribution in [0.25, 0.3) is 0 Å². The SMILES string of the molecule is CN=C(NCC1CCc2nnc(C)n2C1)N1CCC2(CCOCC2)C1.I. The van der Waals surface area contributed by atoms with Gasteiger partial charge >= 0.3 is 0 Å². The van der Waals surface area contributed by atoms with Crippen LogP contribution in [0.15, 0.2) is 4.99 Å². The molecule has 2 fully saturated rings. The van der Waals surface area contributed by atoms with E-state index in [0.717, 1.165) is 63.4 Å². The standard InChI is InChI=1S/C18H30N6O.HI/c1-14-21-22-16-4-3-15(12-24(14)16)11-20-17(19-2)23-8-5-18(13-23)6-9-25-10-7-18;/h15H,3-13H2,1-2H3,(H,19,20);1H. The lowest BCUT2D eigenvalue weighted by atomic mass is 9.80. The fourth-order valence-corrected chi connectivity index (χ4v) is 4.59. The van der Waals surface area contributed by atoms with Crippen molar-refractivity contribution in [2.24, 2.45) is 16.3 Å². The summed E-state index contributed by atoms with van der Waals surface area (Å²) in [6.45, 7) is 8.10. The number of rotatable bonds is 2. The molecule has 7 nitrogen and oxygen atoms in total. The van der Waals surface area contributed by atoms with Crippen molar-refractivity contribution >= 4 is 29.9 Å². The first-order chi connectivity index (χ1) is 12.2. The summed E-state index contributed by atoms with van der Waals surface area (Å²) in [6, 6.07) is 0. The molecule has 0 amide bonds. The summed E-state index contributed by atoms with van der Waals surface area (Å²) >= 11 is 0. The van der Waals surface area contributed by atoms with Crippen molar-refractivity contribution in [1.29, 1.82) is 0 Å². The average molecular weight is 474 g/mol. The minimum Gasteiger partial charge on any atom is -0.381 e. The predicted octanol–water partition coefficient (Wildman–Crippen LogP) is 1.84. The Hall–Kier alpha value is -0.900. The molecule has 0 bridgehead atoms. The Morgan fingerprint density at radius 3 is 2.88 bits per heavy atom. The minimum atomic E-state index is 0. The maximum Gasteiger partial charge on any atom is 0.193 e. The number of hydrogen-bond donors (Lipinski definition) is 1. The number of ether oxygens (including phenoxy) is 1. The summed E-state index contributed by atoms with van der Waals surface area (Å²) in [7, 11) is 1.90. The topological polar surface area (TPSA) is 67.6 Å². The third kappa shape index (κ3) is 4.00. The first-order valence-electron chi connectivity index (χ1n) is 9.61. The average Bonchev–Trinajstić information content (AvgIpc) is 3.21. The van der Waals surface area contributed by atoms with Gasteiger partial charge in [0, 0.05) is 52.9 Å². The van der Waals surface area contributed by atoms with Crippen LogP contribution in [0.5, 0.6) is 0 Å². The van der Waals surface area contributed by atoms with E-state index in [-0.39, 0.29) is 24.0 Å². The number of nitrogens with one attached hydrogen (secondary N) is 1. The number of fused-ring (bicyclic) bond motifs is 1. The van der Waals surface area contributed by atoms with E-state index < -0.39 is 0 Å². The van der Waals surface area contributed by atoms with Crippen molar-refractivity contribution in [3.63, 3.8) is 0 Å². The van der Waals surface area contributed by atoms with Gasteiger partial charge in [-0.15, -0.1) is 34.2 Å². The smallest absolute Gasteiger partial charge is 0.193 e. The Bertz CT molecular complexity index is 640. The summed E-state index contributed by atoms with van der Waals surface area (Å²) in [6.07, 6.45) is 5.85. The van der Waals surface area contributed by atoms with Gasteiger partial charge in [-0.2, -0.15) is 0 Å². The quantitative estimate of drug-likeness (QED) is 0.403. The van der Waals surface area contributed by atoms with E-state index >= 15 is 0 Å². The number of aryl methyl sites for hydroxylation is 2. The summed E-state index contributed by atoms with van der Waals surface area (Å²) in [4.78, 5) is 7.00.